The second kappa shape index (κ2) is 5.95. The van der Waals surface area contributed by atoms with E-state index in [4.69, 9.17) is 11.6 Å². The zero-order valence-corrected chi connectivity index (χ0v) is 11.2. The molecule has 88 valence electrons. The summed E-state index contributed by atoms with van der Waals surface area (Å²) < 4.78 is 0. The van der Waals surface area contributed by atoms with Crippen LogP contribution < -0.4 is 5.32 Å². The molecule has 0 bridgehead atoms. The molecule has 2 unspecified atom stereocenters. The van der Waals surface area contributed by atoms with E-state index in [-0.39, 0.29) is 0 Å². The second-order valence-electron chi connectivity index (χ2n) is 4.24. The van der Waals surface area contributed by atoms with E-state index >= 15 is 0 Å². The van der Waals surface area contributed by atoms with Crippen LogP contribution in [0.25, 0.3) is 0 Å². The molecule has 3 heteroatoms. The van der Waals surface area contributed by atoms with Crippen LogP contribution in [-0.4, -0.2) is 17.5 Å². The number of halogens is 1. The minimum Gasteiger partial charge on any atom is -0.306 e. The maximum Gasteiger partial charge on any atom is 0.0409 e. The third kappa shape index (κ3) is 3.16. The average molecular weight is 256 g/mol. The topological polar surface area (TPSA) is 12.0 Å². The zero-order valence-electron chi connectivity index (χ0n) is 9.58. The van der Waals surface area contributed by atoms with Crippen molar-refractivity contribution in [1.29, 1.82) is 0 Å². The highest BCUT2D eigenvalue weighted by atomic mass is 35.5. The fourth-order valence-corrected chi connectivity index (χ4v) is 3.49. The van der Waals surface area contributed by atoms with E-state index in [1.165, 1.54) is 23.5 Å². The molecule has 1 aliphatic heterocycles. The summed E-state index contributed by atoms with van der Waals surface area (Å²) in [5.74, 6) is 2.54. The van der Waals surface area contributed by atoms with Crippen LogP contribution in [0.5, 0.6) is 0 Å². The van der Waals surface area contributed by atoms with Gasteiger partial charge in [0.25, 0.3) is 0 Å². The van der Waals surface area contributed by atoms with Crippen LogP contribution in [0, 0.1) is 0 Å². The van der Waals surface area contributed by atoms with Crippen molar-refractivity contribution in [2.24, 2.45) is 0 Å². The quantitative estimate of drug-likeness (QED) is 0.876. The Morgan fingerprint density at radius 2 is 2.44 bits per heavy atom. The van der Waals surface area contributed by atoms with E-state index in [9.17, 15) is 0 Å². The Bertz CT molecular complexity index is 336. The maximum absolute atomic E-state index is 6.03. The third-order valence-corrected chi connectivity index (χ3v) is 4.42. The van der Waals surface area contributed by atoms with Gasteiger partial charge in [-0.1, -0.05) is 30.7 Å². The van der Waals surface area contributed by atoms with Gasteiger partial charge in [0.2, 0.25) is 0 Å². The summed E-state index contributed by atoms with van der Waals surface area (Å²) in [4.78, 5) is 0. The van der Waals surface area contributed by atoms with Gasteiger partial charge >= 0.3 is 0 Å². The van der Waals surface area contributed by atoms with Crippen LogP contribution in [0.1, 0.15) is 31.4 Å². The van der Waals surface area contributed by atoms with Gasteiger partial charge in [0.1, 0.15) is 0 Å². The molecule has 0 spiro atoms. The van der Waals surface area contributed by atoms with Gasteiger partial charge in [0, 0.05) is 22.9 Å². The zero-order chi connectivity index (χ0) is 11.4. The third-order valence-electron chi connectivity index (χ3n) is 3.03. The Balaban J connectivity index is 2.03. The van der Waals surface area contributed by atoms with E-state index in [0.29, 0.717) is 12.1 Å². The Morgan fingerprint density at radius 1 is 1.56 bits per heavy atom. The second-order valence-corrected chi connectivity index (χ2v) is 5.83. The van der Waals surface area contributed by atoms with Gasteiger partial charge < -0.3 is 5.32 Å². The lowest BCUT2D eigenvalue weighted by Crippen LogP contribution is -2.32. The number of hydrogen-bond acceptors (Lipinski definition) is 2. The lowest BCUT2D eigenvalue weighted by molar-refractivity contribution is 0.451. The molecule has 2 rings (SSSR count). The first-order valence-electron chi connectivity index (χ1n) is 5.89. The summed E-state index contributed by atoms with van der Waals surface area (Å²) in [6.45, 7) is 2.22. The number of hydrogen-bond donors (Lipinski definition) is 1. The molecule has 1 aromatic carbocycles. The van der Waals surface area contributed by atoms with E-state index < -0.39 is 0 Å². The molecule has 16 heavy (non-hydrogen) atoms. The first kappa shape index (κ1) is 12.3. The molecule has 1 N–H and O–H groups in total. The van der Waals surface area contributed by atoms with Gasteiger partial charge in [-0.05, 0) is 36.3 Å². The van der Waals surface area contributed by atoms with E-state index in [0.717, 1.165) is 11.4 Å². The number of thioether (sulfide) groups is 1. The highest BCUT2D eigenvalue weighted by Gasteiger charge is 2.19. The summed E-state index contributed by atoms with van der Waals surface area (Å²) in [6.07, 6.45) is 2.41. The smallest absolute Gasteiger partial charge is 0.0409 e. The van der Waals surface area contributed by atoms with Crippen molar-refractivity contribution in [3.8, 4) is 0 Å². The summed E-state index contributed by atoms with van der Waals surface area (Å²) in [6, 6.07) is 9.32. The fourth-order valence-electron chi connectivity index (χ4n) is 2.12. The minimum absolute atomic E-state index is 0.447. The van der Waals surface area contributed by atoms with Gasteiger partial charge in [-0.15, -0.1) is 0 Å². The number of rotatable bonds is 4. The predicted octanol–water partition coefficient (Wildman–Crippen LogP) is 3.89. The summed E-state index contributed by atoms with van der Waals surface area (Å²) in [7, 11) is 0. The summed E-state index contributed by atoms with van der Waals surface area (Å²) in [5, 5.41) is 4.56. The van der Waals surface area contributed by atoms with E-state index in [2.05, 4.69) is 24.4 Å². The fraction of sp³-hybridized carbons (Fsp3) is 0.538. The van der Waals surface area contributed by atoms with Gasteiger partial charge in [-0.2, -0.15) is 11.8 Å². The molecule has 1 aromatic rings. The molecule has 0 radical (unpaired) electrons. The molecule has 1 nitrogen and oxygen atoms in total. The summed E-state index contributed by atoms with van der Waals surface area (Å²) >= 11 is 8.08. The van der Waals surface area contributed by atoms with Gasteiger partial charge in [0.05, 0.1) is 0 Å². The van der Waals surface area contributed by atoms with Crippen LogP contribution >= 0.6 is 23.4 Å². The van der Waals surface area contributed by atoms with Crippen LogP contribution in [0.4, 0.5) is 0 Å². The van der Waals surface area contributed by atoms with Crippen LogP contribution in [0.15, 0.2) is 24.3 Å². The van der Waals surface area contributed by atoms with E-state index in [1.54, 1.807) is 0 Å². The molecular formula is C13H18ClNS. The molecule has 0 aliphatic carbocycles. The van der Waals surface area contributed by atoms with Gasteiger partial charge in [0.15, 0.2) is 0 Å². The van der Waals surface area contributed by atoms with Crippen molar-refractivity contribution in [3.63, 3.8) is 0 Å². The molecular weight excluding hydrogens is 238 g/mol. The Morgan fingerprint density at radius 3 is 3.06 bits per heavy atom. The van der Waals surface area contributed by atoms with Crippen molar-refractivity contribution >= 4 is 23.4 Å². The largest absolute Gasteiger partial charge is 0.306 e. The van der Waals surface area contributed by atoms with Crippen molar-refractivity contribution < 1.29 is 0 Å². The molecule has 0 amide bonds. The van der Waals surface area contributed by atoms with Crippen LogP contribution in [0.3, 0.4) is 0 Å². The van der Waals surface area contributed by atoms with Crippen LogP contribution in [-0.2, 0) is 0 Å². The van der Waals surface area contributed by atoms with Crippen molar-refractivity contribution in [2.75, 3.05) is 11.5 Å². The normalized spacial score (nSPS) is 22.2. The first-order chi connectivity index (χ1) is 7.79. The lowest BCUT2D eigenvalue weighted by atomic mass is 10.0. The molecule has 1 fully saturated rings. The molecule has 1 saturated heterocycles. The Kier molecular flexibility index (Phi) is 4.56. The van der Waals surface area contributed by atoms with Gasteiger partial charge in [-0.25, -0.2) is 0 Å². The molecule has 1 heterocycles. The standard InChI is InChI=1S/C13H18ClNS/c1-2-13(15-12-6-7-16-9-12)10-4-3-5-11(14)8-10/h3-5,8,12-13,15H,2,6-7,9H2,1H3. The molecule has 1 aliphatic rings. The molecule has 0 saturated carbocycles. The molecule has 0 aromatic heterocycles. The maximum atomic E-state index is 6.03. The predicted molar refractivity (Wildman–Crippen MR) is 73.3 cm³/mol. The first-order valence-corrected chi connectivity index (χ1v) is 7.42. The highest BCUT2D eigenvalue weighted by molar-refractivity contribution is 7.99. The minimum atomic E-state index is 0.447. The van der Waals surface area contributed by atoms with Crippen molar-refractivity contribution in [3.05, 3.63) is 34.9 Å². The Labute approximate surface area is 107 Å². The number of benzene rings is 1. The average Bonchev–Trinajstić information content (AvgIpc) is 2.78. The lowest BCUT2D eigenvalue weighted by Gasteiger charge is -2.22. The monoisotopic (exact) mass is 255 g/mol. The summed E-state index contributed by atoms with van der Waals surface area (Å²) in [5.41, 5.74) is 1.31. The van der Waals surface area contributed by atoms with Crippen LogP contribution in [0.2, 0.25) is 5.02 Å². The highest BCUT2D eigenvalue weighted by Crippen LogP contribution is 2.24. The van der Waals surface area contributed by atoms with Gasteiger partial charge in [-0.3, -0.25) is 0 Å². The van der Waals surface area contributed by atoms with Crippen molar-refractivity contribution in [1.82, 2.24) is 5.32 Å². The van der Waals surface area contributed by atoms with Crippen molar-refractivity contribution in [2.45, 2.75) is 31.8 Å². The molecule has 2 atom stereocenters. The number of nitrogens with one attached hydrogen (secondary N) is 1. The van der Waals surface area contributed by atoms with E-state index in [1.807, 2.05) is 23.9 Å². The SMILES string of the molecule is CCC(NC1CCSC1)c1cccc(Cl)c1. The Hall–Kier alpha value is -0.180.